The number of hydrogen-bond acceptors (Lipinski definition) is 8. The van der Waals surface area contributed by atoms with Gasteiger partial charge in [-0.3, -0.25) is 30.3 Å². The predicted molar refractivity (Wildman–Crippen MR) is 85.3 cm³/mol. The minimum Gasteiger partial charge on any atom is -0.387 e. The van der Waals surface area contributed by atoms with Crippen molar-refractivity contribution < 1.29 is 14.8 Å². The summed E-state index contributed by atoms with van der Waals surface area (Å²) in [6.07, 6.45) is 0. The van der Waals surface area contributed by atoms with Gasteiger partial charge in [0.05, 0.1) is 20.8 Å². The van der Waals surface area contributed by atoms with Gasteiger partial charge in [-0.1, -0.05) is 17.7 Å². The van der Waals surface area contributed by atoms with Crippen molar-refractivity contribution in [2.24, 2.45) is 0 Å². The molecule has 2 aromatic rings. The molecule has 0 atom stereocenters. The fourth-order valence-electron chi connectivity index (χ4n) is 2.05. The molecule has 0 fully saturated rings. The Hall–Kier alpha value is -3.76. The summed E-state index contributed by atoms with van der Waals surface area (Å²) in [7, 11) is 0. The largest absolute Gasteiger partial charge is 0.387 e. The Morgan fingerprint density at radius 1 is 0.917 bits per heavy atom. The van der Waals surface area contributed by atoms with Crippen LogP contribution in [0.25, 0.3) is 0 Å². The summed E-state index contributed by atoms with van der Waals surface area (Å²) in [5.41, 5.74) is 2.82. The van der Waals surface area contributed by atoms with E-state index in [0.29, 0.717) is 11.8 Å². The van der Waals surface area contributed by atoms with E-state index in [4.69, 9.17) is 5.73 Å². The number of nitro groups is 3. The Kier molecular flexibility index (Phi) is 4.26. The van der Waals surface area contributed by atoms with Gasteiger partial charge in [0.25, 0.3) is 0 Å². The molecule has 0 saturated carbocycles. The van der Waals surface area contributed by atoms with Gasteiger partial charge in [-0.25, -0.2) is 0 Å². The number of hydrogen-bond donors (Lipinski definition) is 2. The fourth-order valence-corrected chi connectivity index (χ4v) is 2.05. The van der Waals surface area contributed by atoms with E-state index in [0.717, 1.165) is 5.56 Å². The van der Waals surface area contributed by atoms with Gasteiger partial charge in [0.2, 0.25) is 0 Å². The Labute approximate surface area is 134 Å². The molecule has 0 spiro atoms. The van der Waals surface area contributed by atoms with E-state index in [9.17, 15) is 30.3 Å². The van der Waals surface area contributed by atoms with Crippen LogP contribution in [-0.2, 0) is 0 Å². The number of aryl methyl sites for hydroxylation is 1. The normalized spacial score (nSPS) is 10.2. The molecule has 0 bridgehead atoms. The highest BCUT2D eigenvalue weighted by atomic mass is 16.6. The summed E-state index contributed by atoms with van der Waals surface area (Å²) in [5, 5.41) is 36.0. The predicted octanol–water partition coefficient (Wildman–Crippen LogP) is 3.05. The van der Waals surface area contributed by atoms with E-state index in [1.54, 1.807) is 24.3 Å². The number of benzene rings is 2. The third kappa shape index (κ3) is 3.04. The lowest BCUT2D eigenvalue weighted by Gasteiger charge is -2.10. The van der Waals surface area contributed by atoms with Crippen molar-refractivity contribution in [2.75, 3.05) is 11.1 Å². The maximum atomic E-state index is 11.3. The Balaban J connectivity index is 2.73. The molecule has 3 N–H and O–H groups in total. The number of nitrogens with two attached hydrogens (primary N) is 1. The average molecular weight is 333 g/mol. The van der Waals surface area contributed by atoms with Crippen molar-refractivity contribution in [3.8, 4) is 0 Å². The molecular formula is C13H11N5O6. The van der Waals surface area contributed by atoms with Crippen LogP contribution in [0.4, 0.5) is 34.1 Å². The van der Waals surface area contributed by atoms with E-state index in [1.807, 2.05) is 6.92 Å². The zero-order valence-corrected chi connectivity index (χ0v) is 12.3. The fraction of sp³-hybridized carbons (Fsp3) is 0.0769. The number of nitrogens with one attached hydrogen (secondary N) is 1. The van der Waals surface area contributed by atoms with Gasteiger partial charge in [-0.2, -0.15) is 0 Å². The van der Waals surface area contributed by atoms with Gasteiger partial charge in [-0.15, -0.1) is 0 Å². The van der Waals surface area contributed by atoms with Crippen LogP contribution in [0.15, 0.2) is 30.3 Å². The lowest BCUT2D eigenvalue weighted by molar-refractivity contribution is -0.400. The minimum absolute atomic E-state index is 0.333. The first-order valence-electron chi connectivity index (χ1n) is 6.45. The van der Waals surface area contributed by atoms with E-state index in [-0.39, 0.29) is 0 Å². The van der Waals surface area contributed by atoms with Crippen molar-refractivity contribution in [1.82, 2.24) is 0 Å². The van der Waals surface area contributed by atoms with Crippen LogP contribution in [0.3, 0.4) is 0 Å². The van der Waals surface area contributed by atoms with Crippen LogP contribution < -0.4 is 11.1 Å². The summed E-state index contributed by atoms with van der Waals surface area (Å²) < 4.78 is 0. The van der Waals surface area contributed by atoms with E-state index < -0.39 is 43.2 Å². The lowest BCUT2D eigenvalue weighted by Crippen LogP contribution is -2.07. The van der Waals surface area contributed by atoms with Gasteiger partial charge in [0.1, 0.15) is 0 Å². The zero-order chi connectivity index (χ0) is 18.0. The summed E-state index contributed by atoms with van der Waals surface area (Å²) in [6.45, 7) is 1.82. The van der Waals surface area contributed by atoms with Crippen LogP contribution in [-0.4, -0.2) is 14.8 Å². The van der Waals surface area contributed by atoms with Crippen LogP contribution in [0.5, 0.6) is 0 Å². The first-order chi connectivity index (χ1) is 11.2. The van der Waals surface area contributed by atoms with E-state index >= 15 is 0 Å². The third-order valence-electron chi connectivity index (χ3n) is 3.19. The molecule has 0 unspecified atom stereocenters. The second kappa shape index (κ2) is 6.16. The molecule has 0 aliphatic rings. The standard InChI is InChI=1S/C13H11N5O6/c1-7-2-4-8(5-3-7)15-12-10(17(21)22)6-9(16(19)20)11(14)13(12)18(23)24/h2-6,15H,14H2,1H3. The highest BCUT2D eigenvalue weighted by Crippen LogP contribution is 2.45. The van der Waals surface area contributed by atoms with E-state index in [1.165, 1.54) is 0 Å². The molecule has 0 aliphatic carbocycles. The third-order valence-corrected chi connectivity index (χ3v) is 3.19. The van der Waals surface area contributed by atoms with Gasteiger partial charge >= 0.3 is 17.1 Å². The molecule has 2 rings (SSSR count). The topological polar surface area (TPSA) is 167 Å². The monoisotopic (exact) mass is 333 g/mol. The SMILES string of the molecule is Cc1ccc(Nc2c([N+](=O)[O-])cc([N+](=O)[O-])c(N)c2[N+](=O)[O-])cc1. The second-order valence-corrected chi connectivity index (χ2v) is 4.81. The van der Waals surface area contributed by atoms with Crippen molar-refractivity contribution in [3.05, 3.63) is 66.2 Å². The van der Waals surface area contributed by atoms with Crippen LogP contribution in [0, 0.1) is 37.3 Å². The lowest BCUT2D eigenvalue weighted by atomic mass is 10.1. The molecule has 11 heteroatoms. The molecule has 0 aliphatic heterocycles. The number of rotatable bonds is 5. The maximum Gasteiger partial charge on any atom is 0.329 e. The average Bonchev–Trinajstić information content (AvgIpc) is 2.48. The van der Waals surface area contributed by atoms with Crippen molar-refractivity contribution >= 4 is 34.1 Å². The molecule has 124 valence electrons. The Morgan fingerprint density at radius 2 is 1.46 bits per heavy atom. The van der Waals surface area contributed by atoms with Gasteiger partial charge in [0.15, 0.2) is 11.4 Å². The van der Waals surface area contributed by atoms with E-state index in [2.05, 4.69) is 5.32 Å². The highest BCUT2D eigenvalue weighted by molar-refractivity contribution is 5.90. The molecule has 0 radical (unpaired) electrons. The quantitative estimate of drug-likeness (QED) is 0.478. The maximum absolute atomic E-state index is 11.3. The van der Waals surface area contributed by atoms with Crippen LogP contribution >= 0.6 is 0 Å². The molecule has 0 aromatic heterocycles. The molecule has 24 heavy (non-hydrogen) atoms. The number of nitro benzene ring substituents is 3. The first-order valence-corrected chi connectivity index (χ1v) is 6.45. The van der Waals surface area contributed by atoms with Gasteiger partial charge in [-0.05, 0) is 19.1 Å². The Morgan fingerprint density at radius 3 is 1.92 bits per heavy atom. The first kappa shape index (κ1) is 16.6. The molecule has 11 nitrogen and oxygen atoms in total. The molecule has 0 amide bonds. The highest BCUT2D eigenvalue weighted by Gasteiger charge is 2.35. The van der Waals surface area contributed by atoms with Crippen molar-refractivity contribution in [3.63, 3.8) is 0 Å². The van der Waals surface area contributed by atoms with Crippen LogP contribution in [0.2, 0.25) is 0 Å². The minimum atomic E-state index is -1.01. The smallest absolute Gasteiger partial charge is 0.329 e. The molecular weight excluding hydrogens is 322 g/mol. The number of nitrogen functional groups attached to an aromatic ring is 1. The van der Waals surface area contributed by atoms with Crippen molar-refractivity contribution in [2.45, 2.75) is 6.92 Å². The van der Waals surface area contributed by atoms with Gasteiger partial charge < -0.3 is 11.1 Å². The van der Waals surface area contributed by atoms with Gasteiger partial charge in [0, 0.05) is 5.69 Å². The zero-order valence-electron chi connectivity index (χ0n) is 12.3. The Bertz CT molecular complexity index is 849. The number of nitrogens with zero attached hydrogens (tertiary/aromatic N) is 3. The molecule has 2 aromatic carbocycles. The summed E-state index contributed by atoms with van der Waals surface area (Å²) in [4.78, 5) is 30.5. The van der Waals surface area contributed by atoms with Crippen molar-refractivity contribution in [1.29, 1.82) is 0 Å². The molecule has 0 heterocycles. The molecule has 0 saturated heterocycles. The summed E-state index contributed by atoms with van der Waals surface area (Å²) >= 11 is 0. The van der Waals surface area contributed by atoms with Crippen LogP contribution in [0.1, 0.15) is 5.56 Å². The second-order valence-electron chi connectivity index (χ2n) is 4.81. The summed E-state index contributed by atoms with van der Waals surface area (Å²) in [5.74, 6) is 0. The number of anilines is 3. The summed E-state index contributed by atoms with van der Waals surface area (Å²) in [6, 6.07) is 7.09.